The Morgan fingerprint density at radius 1 is 1.00 bits per heavy atom. The Kier molecular flexibility index (Phi) is 6.26. The molecule has 0 aromatic heterocycles. The van der Waals surface area contributed by atoms with E-state index in [2.05, 4.69) is 0 Å². The van der Waals surface area contributed by atoms with Gasteiger partial charge in [0.25, 0.3) is 0 Å². The molecule has 24 heavy (non-hydrogen) atoms. The Morgan fingerprint density at radius 3 is 2.04 bits per heavy atom. The molecule has 0 aliphatic heterocycles. The third-order valence-corrected chi connectivity index (χ3v) is 5.07. The summed E-state index contributed by atoms with van der Waals surface area (Å²) >= 11 is 0. The molecule has 0 amide bonds. The van der Waals surface area contributed by atoms with Gasteiger partial charge >= 0.3 is 5.97 Å². The van der Waals surface area contributed by atoms with Gasteiger partial charge in [0.05, 0.1) is 10.8 Å². The highest BCUT2D eigenvalue weighted by Gasteiger charge is 2.06. The average Bonchev–Trinajstić information content (AvgIpc) is 2.58. The SMILES string of the molecule is N=C(N)c1ccc(-c2ccc(S(=O)CCCCC(=O)O)cc2)cc1. The van der Waals surface area contributed by atoms with E-state index >= 15 is 0 Å². The number of nitrogens with two attached hydrogens (primary N) is 1. The van der Waals surface area contributed by atoms with E-state index in [4.69, 9.17) is 16.2 Å². The molecule has 2 aromatic carbocycles. The first-order valence-corrected chi connectivity index (χ1v) is 8.94. The third kappa shape index (κ3) is 5.03. The molecule has 0 aliphatic rings. The van der Waals surface area contributed by atoms with Crippen LogP contribution in [0.25, 0.3) is 11.1 Å². The average molecular weight is 344 g/mol. The molecule has 0 heterocycles. The second kappa shape index (κ2) is 8.40. The van der Waals surface area contributed by atoms with Gasteiger partial charge in [0.15, 0.2) is 0 Å². The van der Waals surface area contributed by atoms with Gasteiger partial charge in [-0.1, -0.05) is 36.4 Å². The van der Waals surface area contributed by atoms with Crippen molar-refractivity contribution in [2.75, 3.05) is 5.75 Å². The number of hydrogen-bond donors (Lipinski definition) is 3. The smallest absolute Gasteiger partial charge is 0.303 e. The molecule has 0 fully saturated rings. The lowest BCUT2D eigenvalue weighted by atomic mass is 10.0. The van der Waals surface area contributed by atoms with Crippen molar-refractivity contribution in [2.45, 2.75) is 24.2 Å². The second-order valence-electron chi connectivity index (χ2n) is 5.42. The molecule has 2 aromatic rings. The molecule has 1 unspecified atom stereocenters. The summed E-state index contributed by atoms with van der Waals surface area (Å²) in [5.74, 6) is -0.309. The quantitative estimate of drug-likeness (QED) is 0.389. The summed E-state index contributed by atoms with van der Waals surface area (Å²) in [7, 11) is -1.11. The topological polar surface area (TPSA) is 104 Å². The number of hydrogen-bond acceptors (Lipinski definition) is 3. The van der Waals surface area contributed by atoms with Crippen molar-refractivity contribution in [3.63, 3.8) is 0 Å². The lowest BCUT2D eigenvalue weighted by Gasteiger charge is -2.06. The van der Waals surface area contributed by atoms with Gasteiger partial charge < -0.3 is 10.8 Å². The molecule has 2 rings (SSSR count). The fourth-order valence-corrected chi connectivity index (χ4v) is 3.41. The van der Waals surface area contributed by atoms with Gasteiger partial charge in [-0.15, -0.1) is 0 Å². The maximum absolute atomic E-state index is 12.2. The van der Waals surface area contributed by atoms with E-state index in [-0.39, 0.29) is 12.3 Å². The first-order chi connectivity index (χ1) is 11.5. The van der Waals surface area contributed by atoms with Crippen molar-refractivity contribution < 1.29 is 14.1 Å². The maximum atomic E-state index is 12.2. The Bertz CT molecular complexity index is 740. The van der Waals surface area contributed by atoms with Crippen LogP contribution in [0.2, 0.25) is 0 Å². The normalized spacial score (nSPS) is 11.8. The van der Waals surface area contributed by atoms with Crippen LogP contribution < -0.4 is 5.73 Å². The minimum Gasteiger partial charge on any atom is -0.481 e. The van der Waals surface area contributed by atoms with Crippen LogP contribution in [0.5, 0.6) is 0 Å². The molecule has 5 nitrogen and oxygen atoms in total. The third-order valence-electron chi connectivity index (χ3n) is 3.62. The van der Waals surface area contributed by atoms with Gasteiger partial charge in [-0.2, -0.15) is 0 Å². The number of carbonyl (C=O) groups is 1. The van der Waals surface area contributed by atoms with Crippen molar-refractivity contribution in [1.29, 1.82) is 5.41 Å². The largest absolute Gasteiger partial charge is 0.481 e. The van der Waals surface area contributed by atoms with Gasteiger partial charge in [0, 0.05) is 22.6 Å². The van der Waals surface area contributed by atoms with E-state index in [0.29, 0.717) is 24.2 Å². The van der Waals surface area contributed by atoms with Crippen LogP contribution in [0.4, 0.5) is 0 Å². The number of nitrogens with one attached hydrogen (secondary N) is 1. The minimum atomic E-state index is -1.11. The molecule has 0 saturated heterocycles. The van der Waals surface area contributed by atoms with Crippen LogP contribution in [0.15, 0.2) is 53.4 Å². The van der Waals surface area contributed by atoms with Gasteiger partial charge in [-0.3, -0.25) is 14.4 Å². The number of unbranched alkanes of at least 4 members (excludes halogenated alkanes) is 1. The zero-order chi connectivity index (χ0) is 17.5. The number of amidine groups is 1. The molecule has 6 heteroatoms. The molecule has 0 aliphatic carbocycles. The molecule has 1 atom stereocenters. The van der Waals surface area contributed by atoms with Gasteiger partial charge in [-0.25, -0.2) is 0 Å². The van der Waals surface area contributed by atoms with Crippen LogP contribution in [-0.2, 0) is 15.6 Å². The molecule has 0 saturated carbocycles. The monoisotopic (exact) mass is 344 g/mol. The maximum Gasteiger partial charge on any atom is 0.303 e. The molecular formula is C18H20N2O3S. The molecule has 0 bridgehead atoms. The fraction of sp³-hybridized carbons (Fsp3) is 0.222. The molecule has 126 valence electrons. The van der Waals surface area contributed by atoms with Crippen molar-refractivity contribution in [3.05, 3.63) is 54.1 Å². The van der Waals surface area contributed by atoms with Crippen LogP contribution in [0.1, 0.15) is 24.8 Å². The zero-order valence-corrected chi connectivity index (χ0v) is 14.0. The first kappa shape index (κ1) is 17.9. The lowest BCUT2D eigenvalue weighted by molar-refractivity contribution is -0.137. The minimum absolute atomic E-state index is 0.0372. The summed E-state index contributed by atoms with van der Waals surface area (Å²) in [6.07, 6.45) is 1.29. The Labute approximate surface area is 143 Å². The molecule has 0 radical (unpaired) electrons. The number of carboxylic acids is 1. The summed E-state index contributed by atoms with van der Waals surface area (Å²) in [5, 5.41) is 16.0. The Balaban J connectivity index is 1.98. The first-order valence-electron chi connectivity index (χ1n) is 7.62. The van der Waals surface area contributed by atoms with Crippen LogP contribution in [0.3, 0.4) is 0 Å². The summed E-state index contributed by atoms with van der Waals surface area (Å²) in [4.78, 5) is 11.2. The van der Waals surface area contributed by atoms with E-state index in [0.717, 1.165) is 16.0 Å². The van der Waals surface area contributed by atoms with Gasteiger partial charge in [-0.05, 0) is 36.1 Å². The Morgan fingerprint density at radius 2 is 1.54 bits per heavy atom. The molecule has 0 spiro atoms. The second-order valence-corrected chi connectivity index (χ2v) is 6.99. The highest BCUT2D eigenvalue weighted by molar-refractivity contribution is 7.85. The number of carboxylic acid groups (broad SMARTS) is 1. The zero-order valence-electron chi connectivity index (χ0n) is 13.2. The summed E-state index contributed by atoms with van der Waals surface area (Å²) in [6.45, 7) is 0. The Hall–Kier alpha value is -2.47. The molecule has 4 N–H and O–H groups in total. The lowest BCUT2D eigenvalue weighted by Crippen LogP contribution is -2.10. The van der Waals surface area contributed by atoms with E-state index < -0.39 is 16.8 Å². The number of benzene rings is 2. The van der Waals surface area contributed by atoms with E-state index in [1.807, 2.05) is 36.4 Å². The van der Waals surface area contributed by atoms with Gasteiger partial charge in [0.1, 0.15) is 5.84 Å². The van der Waals surface area contributed by atoms with Crippen LogP contribution in [-0.4, -0.2) is 26.9 Å². The highest BCUT2D eigenvalue weighted by atomic mass is 32.2. The molecular weight excluding hydrogens is 324 g/mol. The number of nitrogen functional groups attached to an aromatic ring is 1. The van der Waals surface area contributed by atoms with Crippen molar-refractivity contribution in [1.82, 2.24) is 0 Å². The van der Waals surface area contributed by atoms with Crippen molar-refractivity contribution in [2.24, 2.45) is 5.73 Å². The van der Waals surface area contributed by atoms with Crippen LogP contribution in [0, 0.1) is 5.41 Å². The fourth-order valence-electron chi connectivity index (χ4n) is 2.27. The van der Waals surface area contributed by atoms with E-state index in [9.17, 15) is 9.00 Å². The van der Waals surface area contributed by atoms with E-state index in [1.165, 1.54) is 0 Å². The van der Waals surface area contributed by atoms with Gasteiger partial charge in [0.2, 0.25) is 0 Å². The predicted molar refractivity (Wildman–Crippen MR) is 95.7 cm³/mol. The summed E-state index contributed by atoms with van der Waals surface area (Å²) < 4.78 is 12.2. The highest BCUT2D eigenvalue weighted by Crippen LogP contribution is 2.21. The van der Waals surface area contributed by atoms with E-state index in [1.54, 1.807) is 12.1 Å². The van der Waals surface area contributed by atoms with Crippen LogP contribution >= 0.6 is 0 Å². The summed E-state index contributed by atoms with van der Waals surface area (Å²) in [5.41, 5.74) is 8.11. The van der Waals surface area contributed by atoms with Crippen molar-refractivity contribution >= 4 is 22.6 Å². The summed E-state index contributed by atoms with van der Waals surface area (Å²) in [6, 6.07) is 14.9. The predicted octanol–water partition coefficient (Wildman–Crippen LogP) is 3.00. The standard InChI is InChI=1S/C18H20N2O3S/c19-18(20)15-6-4-13(5-7-15)14-8-10-16(11-9-14)24(23)12-2-1-3-17(21)22/h4-11H,1-3,12H2,(H3,19,20)(H,21,22). The number of rotatable bonds is 8. The van der Waals surface area contributed by atoms with Crippen molar-refractivity contribution in [3.8, 4) is 11.1 Å². The number of aliphatic carboxylic acids is 1.